The third-order valence-electron chi connectivity index (χ3n) is 4.36. The number of hydrogen-bond donors (Lipinski definition) is 8. The van der Waals surface area contributed by atoms with Gasteiger partial charge < -0.3 is 37.6 Å². The standard InChI is InChI=1S/C18H31N5O8S/c1-8(2)14(17(29)22-11(7-32)18(30)31)23-16(28)10(4-6-13(25)26)21-15(27)9(19)3-5-12(20)24/h8-11,14,32H,3-7,19H2,1-2H3,(H2,20,24)(H,21,27)(H,22,29)(H,23,28)(H,25,26)(H,30,31). The van der Waals surface area contributed by atoms with Gasteiger partial charge in [0.25, 0.3) is 0 Å². The molecule has 0 aromatic rings. The molecule has 0 radical (unpaired) electrons. The number of thiol groups is 1. The zero-order valence-electron chi connectivity index (χ0n) is 17.9. The van der Waals surface area contributed by atoms with Crippen LogP contribution in [0.25, 0.3) is 0 Å². The smallest absolute Gasteiger partial charge is 0.327 e. The van der Waals surface area contributed by atoms with Gasteiger partial charge in [0, 0.05) is 18.6 Å². The molecule has 0 spiro atoms. The van der Waals surface area contributed by atoms with Crippen molar-refractivity contribution in [3.8, 4) is 0 Å². The van der Waals surface area contributed by atoms with E-state index in [1.165, 1.54) is 0 Å². The maximum absolute atomic E-state index is 12.7. The molecule has 0 rings (SSSR count). The molecule has 4 unspecified atom stereocenters. The fraction of sp³-hybridized carbons (Fsp3) is 0.667. The maximum atomic E-state index is 12.7. The van der Waals surface area contributed by atoms with Crippen LogP contribution < -0.4 is 27.4 Å². The second kappa shape index (κ2) is 14.2. The number of carbonyl (C=O) groups excluding carboxylic acids is 4. The molecule has 4 atom stereocenters. The molecule has 0 aromatic carbocycles. The van der Waals surface area contributed by atoms with Crippen molar-refractivity contribution in [3.05, 3.63) is 0 Å². The normalized spacial score (nSPS) is 14.5. The minimum absolute atomic E-state index is 0.0776. The van der Waals surface area contributed by atoms with E-state index in [1.807, 2.05) is 0 Å². The number of carbonyl (C=O) groups is 6. The minimum Gasteiger partial charge on any atom is -0.481 e. The van der Waals surface area contributed by atoms with Crippen LogP contribution in [0, 0.1) is 5.92 Å². The van der Waals surface area contributed by atoms with Gasteiger partial charge in [-0.15, -0.1) is 0 Å². The molecule has 14 heteroatoms. The van der Waals surface area contributed by atoms with Crippen molar-refractivity contribution in [1.82, 2.24) is 16.0 Å². The van der Waals surface area contributed by atoms with Gasteiger partial charge in [-0.2, -0.15) is 12.6 Å². The lowest BCUT2D eigenvalue weighted by Crippen LogP contribution is -2.58. The molecule has 0 saturated carbocycles. The van der Waals surface area contributed by atoms with E-state index in [9.17, 15) is 28.8 Å². The number of aliphatic carboxylic acids is 2. The first-order chi connectivity index (χ1) is 14.8. The number of carboxylic acids is 2. The van der Waals surface area contributed by atoms with Gasteiger partial charge in [0.15, 0.2) is 0 Å². The van der Waals surface area contributed by atoms with E-state index in [0.717, 1.165) is 0 Å². The molecule has 4 amide bonds. The van der Waals surface area contributed by atoms with Crippen LogP contribution in [-0.4, -0.2) is 75.7 Å². The Labute approximate surface area is 190 Å². The topological polar surface area (TPSA) is 231 Å². The van der Waals surface area contributed by atoms with Crippen LogP contribution in [0.5, 0.6) is 0 Å². The fourth-order valence-electron chi connectivity index (χ4n) is 2.48. The van der Waals surface area contributed by atoms with Gasteiger partial charge >= 0.3 is 11.9 Å². The van der Waals surface area contributed by atoms with E-state index < -0.39 is 72.1 Å². The van der Waals surface area contributed by atoms with Crippen molar-refractivity contribution in [2.45, 2.75) is 63.7 Å². The largest absolute Gasteiger partial charge is 0.481 e. The number of primary amides is 1. The molecule has 0 saturated heterocycles. The summed E-state index contributed by atoms with van der Waals surface area (Å²) in [5.74, 6) is -6.28. The van der Waals surface area contributed by atoms with Crippen molar-refractivity contribution >= 4 is 48.2 Å². The second-order valence-electron chi connectivity index (χ2n) is 7.42. The van der Waals surface area contributed by atoms with Gasteiger partial charge in [-0.05, 0) is 18.8 Å². The van der Waals surface area contributed by atoms with Crippen molar-refractivity contribution in [3.63, 3.8) is 0 Å². The summed E-state index contributed by atoms with van der Waals surface area (Å²) in [4.78, 5) is 70.4. The lowest BCUT2D eigenvalue weighted by atomic mass is 10.0. The Hall–Kier alpha value is -2.87. The molecule has 0 aromatic heterocycles. The van der Waals surface area contributed by atoms with Gasteiger partial charge in [-0.1, -0.05) is 13.8 Å². The van der Waals surface area contributed by atoms with Crippen LogP contribution >= 0.6 is 12.6 Å². The average molecular weight is 478 g/mol. The molecule has 182 valence electrons. The van der Waals surface area contributed by atoms with Gasteiger partial charge in [-0.3, -0.25) is 24.0 Å². The lowest BCUT2D eigenvalue weighted by molar-refractivity contribution is -0.142. The Bertz CT molecular complexity index is 717. The van der Waals surface area contributed by atoms with Crippen molar-refractivity contribution in [2.24, 2.45) is 17.4 Å². The summed E-state index contributed by atoms with van der Waals surface area (Å²) in [6.45, 7) is 3.21. The molecular weight excluding hydrogens is 446 g/mol. The Morgan fingerprint density at radius 2 is 1.41 bits per heavy atom. The first-order valence-corrected chi connectivity index (χ1v) is 10.4. The monoisotopic (exact) mass is 477 g/mol. The number of nitrogens with one attached hydrogen (secondary N) is 3. The van der Waals surface area contributed by atoms with E-state index in [1.54, 1.807) is 13.8 Å². The van der Waals surface area contributed by atoms with Crippen LogP contribution in [0.2, 0.25) is 0 Å². The Balaban J connectivity index is 5.38. The lowest BCUT2D eigenvalue weighted by Gasteiger charge is -2.26. The summed E-state index contributed by atoms with van der Waals surface area (Å²) in [5, 5.41) is 25.0. The Morgan fingerprint density at radius 1 is 0.844 bits per heavy atom. The summed E-state index contributed by atoms with van der Waals surface area (Å²) in [6.07, 6.45) is -0.998. The molecule has 0 bridgehead atoms. The highest BCUT2D eigenvalue weighted by Gasteiger charge is 2.31. The molecule has 0 aliphatic rings. The average Bonchev–Trinajstić information content (AvgIpc) is 2.69. The zero-order valence-corrected chi connectivity index (χ0v) is 18.8. The Kier molecular flexibility index (Phi) is 13.0. The quantitative estimate of drug-likeness (QED) is 0.117. The van der Waals surface area contributed by atoms with Gasteiger partial charge in [0.2, 0.25) is 23.6 Å². The van der Waals surface area contributed by atoms with Gasteiger partial charge in [0.1, 0.15) is 18.1 Å². The van der Waals surface area contributed by atoms with E-state index >= 15 is 0 Å². The number of nitrogens with two attached hydrogens (primary N) is 2. The van der Waals surface area contributed by atoms with Crippen LogP contribution in [0.1, 0.15) is 39.5 Å². The van der Waals surface area contributed by atoms with Crippen molar-refractivity contribution < 1.29 is 39.0 Å². The van der Waals surface area contributed by atoms with Crippen molar-refractivity contribution in [1.29, 1.82) is 0 Å². The number of amides is 4. The summed E-state index contributed by atoms with van der Waals surface area (Å²) < 4.78 is 0. The Morgan fingerprint density at radius 3 is 1.84 bits per heavy atom. The number of rotatable bonds is 15. The minimum atomic E-state index is -1.34. The first-order valence-electron chi connectivity index (χ1n) is 9.80. The van der Waals surface area contributed by atoms with Gasteiger partial charge in [0.05, 0.1) is 6.04 Å². The molecule has 9 N–H and O–H groups in total. The summed E-state index contributed by atoms with van der Waals surface area (Å²) in [6, 6.07) is -4.96. The van der Waals surface area contributed by atoms with Gasteiger partial charge in [-0.25, -0.2) is 4.79 Å². The third-order valence-corrected chi connectivity index (χ3v) is 4.73. The van der Waals surface area contributed by atoms with Crippen LogP contribution in [0.4, 0.5) is 0 Å². The number of hydrogen-bond acceptors (Lipinski definition) is 8. The predicted molar refractivity (Wildman–Crippen MR) is 115 cm³/mol. The molecule has 0 aliphatic heterocycles. The summed E-state index contributed by atoms with van der Waals surface area (Å²) >= 11 is 3.86. The fourth-order valence-corrected chi connectivity index (χ4v) is 2.73. The first kappa shape index (κ1) is 29.1. The predicted octanol–water partition coefficient (Wildman–Crippen LogP) is -2.43. The summed E-state index contributed by atoms with van der Waals surface area (Å²) in [7, 11) is 0. The molecule has 0 aliphatic carbocycles. The summed E-state index contributed by atoms with van der Waals surface area (Å²) in [5.41, 5.74) is 10.7. The van der Waals surface area contributed by atoms with E-state index in [2.05, 4.69) is 28.6 Å². The third kappa shape index (κ3) is 10.9. The highest BCUT2D eigenvalue weighted by molar-refractivity contribution is 7.80. The van der Waals surface area contributed by atoms with E-state index in [-0.39, 0.29) is 25.0 Å². The highest BCUT2D eigenvalue weighted by atomic mass is 32.1. The molecule has 0 fully saturated rings. The molecule has 13 nitrogen and oxygen atoms in total. The van der Waals surface area contributed by atoms with E-state index in [0.29, 0.717) is 0 Å². The maximum Gasteiger partial charge on any atom is 0.327 e. The van der Waals surface area contributed by atoms with Crippen LogP contribution in [0.3, 0.4) is 0 Å². The van der Waals surface area contributed by atoms with E-state index in [4.69, 9.17) is 21.7 Å². The molecule has 32 heavy (non-hydrogen) atoms. The van der Waals surface area contributed by atoms with Crippen molar-refractivity contribution in [2.75, 3.05) is 5.75 Å². The number of carboxylic acid groups (broad SMARTS) is 2. The van der Waals surface area contributed by atoms with Crippen LogP contribution in [-0.2, 0) is 28.8 Å². The van der Waals surface area contributed by atoms with Crippen LogP contribution in [0.15, 0.2) is 0 Å². The molecule has 0 heterocycles. The zero-order chi connectivity index (χ0) is 25.0. The molecular formula is C18H31N5O8S. The highest BCUT2D eigenvalue weighted by Crippen LogP contribution is 2.07. The SMILES string of the molecule is CC(C)C(NC(=O)C(CCC(=O)O)NC(=O)C(N)CCC(N)=O)C(=O)NC(CS)C(=O)O. The second-order valence-corrected chi connectivity index (χ2v) is 7.78.